The Hall–Kier alpha value is 0.270. The molecule has 1 aliphatic heterocycles. The Morgan fingerprint density at radius 1 is 1.12 bits per heavy atom. The minimum Gasteiger partial charge on any atom is -0.396 e. The molecule has 2 nitrogen and oxygen atoms in total. The van der Waals surface area contributed by atoms with E-state index in [-0.39, 0.29) is 0 Å². The highest BCUT2D eigenvalue weighted by molar-refractivity contribution is 7.99. The summed E-state index contributed by atoms with van der Waals surface area (Å²) in [4.78, 5) is 2.60. The third kappa shape index (κ3) is 7.32. The van der Waals surface area contributed by atoms with Crippen molar-refractivity contribution >= 4 is 11.8 Å². The van der Waals surface area contributed by atoms with Gasteiger partial charge in [-0.15, -0.1) is 0 Å². The number of unbranched alkanes of at least 4 members (excludes halogenated alkanes) is 2. The Labute approximate surface area is 111 Å². The molecular formula is C14H29NOS. The molecule has 0 aromatic rings. The second-order valence-electron chi connectivity index (χ2n) is 5.14. The smallest absolute Gasteiger partial charge is 0.0459 e. The Morgan fingerprint density at radius 3 is 2.53 bits per heavy atom. The van der Waals surface area contributed by atoms with E-state index < -0.39 is 0 Å². The van der Waals surface area contributed by atoms with Gasteiger partial charge in [0, 0.05) is 31.2 Å². The lowest BCUT2D eigenvalue weighted by atomic mass is 9.97. The number of rotatable bonds is 9. The van der Waals surface area contributed by atoms with Crippen LogP contribution in [-0.2, 0) is 0 Å². The van der Waals surface area contributed by atoms with Crippen molar-refractivity contribution in [2.45, 2.75) is 45.4 Å². The number of hydrogen-bond acceptors (Lipinski definition) is 3. The normalized spacial score (nSPS) is 19.4. The van der Waals surface area contributed by atoms with E-state index in [1.807, 2.05) is 0 Å². The first-order valence-electron chi connectivity index (χ1n) is 7.27. The zero-order valence-electron chi connectivity index (χ0n) is 11.4. The molecule has 0 saturated carbocycles. The van der Waals surface area contributed by atoms with Gasteiger partial charge >= 0.3 is 0 Å². The maximum Gasteiger partial charge on any atom is 0.0459 e. The van der Waals surface area contributed by atoms with Gasteiger partial charge in [-0.2, -0.15) is 11.8 Å². The molecule has 1 fully saturated rings. The van der Waals surface area contributed by atoms with Gasteiger partial charge in [0.25, 0.3) is 0 Å². The highest BCUT2D eigenvalue weighted by Gasteiger charge is 2.09. The van der Waals surface area contributed by atoms with Crippen molar-refractivity contribution in [3.8, 4) is 0 Å². The first-order valence-corrected chi connectivity index (χ1v) is 8.43. The second-order valence-corrected chi connectivity index (χ2v) is 6.37. The summed E-state index contributed by atoms with van der Waals surface area (Å²) in [5.41, 5.74) is 0. The molecule has 1 N–H and O–H groups in total. The van der Waals surface area contributed by atoms with Crippen molar-refractivity contribution in [2.75, 3.05) is 37.7 Å². The monoisotopic (exact) mass is 259 g/mol. The maximum atomic E-state index is 9.21. The van der Waals surface area contributed by atoms with Gasteiger partial charge in [-0.25, -0.2) is 0 Å². The molecule has 1 rings (SSSR count). The molecule has 0 amide bonds. The Kier molecular flexibility index (Phi) is 9.21. The summed E-state index contributed by atoms with van der Waals surface area (Å²) in [5, 5.41) is 9.21. The van der Waals surface area contributed by atoms with E-state index in [0.29, 0.717) is 12.5 Å². The highest BCUT2D eigenvalue weighted by Crippen LogP contribution is 2.15. The predicted octanol–water partition coefficient (Wildman–Crippen LogP) is 3.00. The van der Waals surface area contributed by atoms with Crippen LogP contribution in [0, 0.1) is 5.92 Å². The summed E-state index contributed by atoms with van der Waals surface area (Å²) < 4.78 is 0. The molecule has 0 spiro atoms. The largest absolute Gasteiger partial charge is 0.396 e. The third-order valence-corrected chi connectivity index (χ3v) is 4.59. The molecule has 0 bridgehead atoms. The van der Waals surface area contributed by atoms with Crippen molar-refractivity contribution in [3.05, 3.63) is 0 Å². The molecule has 0 aromatic carbocycles. The minimum atomic E-state index is 0.386. The maximum absolute atomic E-state index is 9.21. The Morgan fingerprint density at radius 2 is 1.88 bits per heavy atom. The van der Waals surface area contributed by atoms with Crippen LogP contribution >= 0.6 is 11.8 Å². The number of hydrogen-bond donors (Lipinski definition) is 1. The number of aliphatic hydroxyl groups is 1. The predicted molar refractivity (Wildman–Crippen MR) is 77.7 cm³/mol. The van der Waals surface area contributed by atoms with E-state index in [0.717, 1.165) is 0 Å². The van der Waals surface area contributed by atoms with Gasteiger partial charge in [0.05, 0.1) is 0 Å². The summed E-state index contributed by atoms with van der Waals surface area (Å²) in [6.45, 7) is 6.46. The number of aliphatic hydroxyl groups excluding tert-OH is 1. The average Bonchev–Trinajstić information content (AvgIpc) is 2.38. The van der Waals surface area contributed by atoms with Gasteiger partial charge in [-0.3, -0.25) is 0 Å². The van der Waals surface area contributed by atoms with Crippen LogP contribution in [0.2, 0.25) is 0 Å². The molecule has 0 radical (unpaired) electrons. The first-order chi connectivity index (χ1) is 8.36. The van der Waals surface area contributed by atoms with Crippen LogP contribution in [0.3, 0.4) is 0 Å². The fourth-order valence-electron chi connectivity index (χ4n) is 2.51. The van der Waals surface area contributed by atoms with Crippen molar-refractivity contribution in [1.82, 2.24) is 4.90 Å². The quantitative estimate of drug-likeness (QED) is 0.644. The van der Waals surface area contributed by atoms with E-state index >= 15 is 0 Å². The molecule has 3 heteroatoms. The van der Waals surface area contributed by atoms with Crippen LogP contribution in [0.5, 0.6) is 0 Å². The molecule has 1 saturated heterocycles. The van der Waals surface area contributed by atoms with E-state index in [9.17, 15) is 5.11 Å². The van der Waals surface area contributed by atoms with E-state index in [4.69, 9.17) is 0 Å². The van der Waals surface area contributed by atoms with Crippen LogP contribution < -0.4 is 0 Å². The molecule has 1 aliphatic rings. The molecule has 0 aromatic heterocycles. The summed E-state index contributed by atoms with van der Waals surface area (Å²) in [5.74, 6) is 3.21. The summed E-state index contributed by atoms with van der Waals surface area (Å²) in [7, 11) is 0. The molecule has 1 heterocycles. The summed E-state index contributed by atoms with van der Waals surface area (Å²) in [6, 6.07) is 0. The van der Waals surface area contributed by atoms with Crippen molar-refractivity contribution < 1.29 is 5.11 Å². The number of nitrogens with zero attached hydrogens (tertiary/aromatic N) is 1. The zero-order valence-corrected chi connectivity index (χ0v) is 12.2. The van der Waals surface area contributed by atoms with Gasteiger partial charge in [0.1, 0.15) is 0 Å². The second kappa shape index (κ2) is 10.2. The Bertz CT molecular complexity index is 165. The SMILES string of the molecule is CCC[C@@H](CO)CCCCCN1CCSCC1. The van der Waals surface area contributed by atoms with Crippen molar-refractivity contribution in [3.63, 3.8) is 0 Å². The van der Waals surface area contributed by atoms with Crippen LogP contribution in [0.1, 0.15) is 45.4 Å². The lowest BCUT2D eigenvalue weighted by Crippen LogP contribution is -2.33. The average molecular weight is 259 g/mol. The standard InChI is InChI=1S/C14H29NOS/c1-2-6-14(13-16)7-4-3-5-8-15-9-11-17-12-10-15/h14,16H,2-13H2,1H3/t14-/m1/s1. The van der Waals surface area contributed by atoms with E-state index in [1.165, 1.54) is 69.7 Å². The van der Waals surface area contributed by atoms with Crippen LogP contribution in [0.15, 0.2) is 0 Å². The summed E-state index contributed by atoms with van der Waals surface area (Å²) in [6.07, 6.45) is 7.60. The van der Waals surface area contributed by atoms with Crippen LogP contribution in [0.25, 0.3) is 0 Å². The van der Waals surface area contributed by atoms with Gasteiger partial charge in [0.2, 0.25) is 0 Å². The van der Waals surface area contributed by atoms with Gasteiger partial charge in [0.15, 0.2) is 0 Å². The molecule has 17 heavy (non-hydrogen) atoms. The van der Waals surface area contributed by atoms with Gasteiger partial charge < -0.3 is 10.0 Å². The van der Waals surface area contributed by atoms with Crippen molar-refractivity contribution in [1.29, 1.82) is 0 Å². The lowest BCUT2D eigenvalue weighted by Gasteiger charge is -2.26. The lowest BCUT2D eigenvalue weighted by molar-refractivity contribution is 0.205. The van der Waals surface area contributed by atoms with E-state index in [1.54, 1.807) is 0 Å². The van der Waals surface area contributed by atoms with Crippen LogP contribution in [-0.4, -0.2) is 47.8 Å². The molecular weight excluding hydrogens is 230 g/mol. The fourth-order valence-corrected chi connectivity index (χ4v) is 3.48. The first kappa shape index (κ1) is 15.3. The van der Waals surface area contributed by atoms with Gasteiger partial charge in [-0.05, 0) is 31.7 Å². The third-order valence-electron chi connectivity index (χ3n) is 3.65. The van der Waals surface area contributed by atoms with E-state index in [2.05, 4.69) is 23.6 Å². The molecule has 1 atom stereocenters. The van der Waals surface area contributed by atoms with Gasteiger partial charge in [-0.1, -0.05) is 26.2 Å². The zero-order chi connectivity index (χ0) is 12.3. The fraction of sp³-hybridized carbons (Fsp3) is 1.00. The van der Waals surface area contributed by atoms with Crippen molar-refractivity contribution in [2.24, 2.45) is 5.92 Å². The minimum absolute atomic E-state index is 0.386. The summed E-state index contributed by atoms with van der Waals surface area (Å²) >= 11 is 2.09. The topological polar surface area (TPSA) is 23.5 Å². The molecule has 102 valence electrons. The number of thioether (sulfide) groups is 1. The highest BCUT2D eigenvalue weighted by atomic mass is 32.2. The molecule has 0 unspecified atom stereocenters. The van der Waals surface area contributed by atoms with Crippen LogP contribution in [0.4, 0.5) is 0 Å². The Balaban J connectivity index is 1.92. The molecule has 0 aliphatic carbocycles.